The largest absolute Gasteiger partial charge is 0.497 e. The zero-order valence-corrected chi connectivity index (χ0v) is 18.7. The molecule has 3 heterocycles. The van der Waals surface area contributed by atoms with Crippen molar-refractivity contribution in [3.05, 3.63) is 69.5 Å². The number of thiocarbonyl (C=S) groups is 1. The third-order valence-corrected chi connectivity index (χ3v) is 5.95. The lowest BCUT2D eigenvalue weighted by Crippen LogP contribution is -2.34. The summed E-state index contributed by atoms with van der Waals surface area (Å²) in [6.07, 6.45) is 3.13. The number of aromatic nitrogens is 2. The molecule has 9 heteroatoms. The van der Waals surface area contributed by atoms with Crippen LogP contribution >= 0.6 is 24.0 Å². The molecule has 0 bridgehead atoms. The molecule has 1 aliphatic rings. The van der Waals surface area contributed by atoms with E-state index in [9.17, 15) is 9.59 Å². The van der Waals surface area contributed by atoms with E-state index >= 15 is 0 Å². The lowest BCUT2D eigenvalue weighted by Gasteiger charge is -2.18. The van der Waals surface area contributed by atoms with Crippen LogP contribution in [0.15, 0.2) is 58.4 Å². The normalized spacial score (nSPS) is 15.4. The summed E-state index contributed by atoms with van der Waals surface area (Å²) in [6.45, 7) is 3.77. The van der Waals surface area contributed by atoms with Crippen molar-refractivity contribution < 1.29 is 14.3 Å². The van der Waals surface area contributed by atoms with Gasteiger partial charge < -0.3 is 9.47 Å². The summed E-state index contributed by atoms with van der Waals surface area (Å²) in [6, 6.07) is 12.1. The summed E-state index contributed by atoms with van der Waals surface area (Å²) in [5, 5.41) is 0. The number of hydrogen-bond acceptors (Lipinski definition) is 7. The Bertz CT molecular complexity index is 1270. The van der Waals surface area contributed by atoms with Crippen molar-refractivity contribution in [2.24, 2.45) is 0 Å². The van der Waals surface area contributed by atoms with Crippen molar-refractivity contribution in [2.45, 2.75) is 19.9 Å². The Morgan fingerprint density at radius 1 is 1.10 bits per heavy atom. The number of amides is 1. The van der Waals surface area contributed by atoms with Crippen LogP contribution in [-0.2, 0) is 4.79 Å². The topological polar surface area (TPSA) is 73.1 Å². The third kappa shape index (κ3) is 4.06. The van der Waals surface area contributed by atoms with E-state index in [-0.39, 0.29) is 29.0 Å². The van der Waals surface area contributed by atoms with Crippen LogP contribution in [0.4, 0.5) is 0 Å². The standard InChI is InChI=1S/C22H19N3O4S2/c1-13(2)25-21(27)17(31-22(25)30)12-16-19(29-15-9-7-14(28-3)8-10-15)23-18-6-4-5-11-24(18)20(16)26/h4-13H,1-3H3. The first-order chi connectivity index (χ1) is 14.9. The Morgan fingerprint density at radius 2 is 1.81 bits per heavy atom. The average molecular weight is 454 g/mol. The van der Waals surface area contributed by atoms with E-state index in [0.29, 0.717) is 26.4 Å². The molecule has 0 unspecified atom stereocenters. The quantitative estimate of drug-likeness (QED) is 0.425. The van der Waals surface area contributed by atoms with Crippen LogP contribution in [0.3, 0.4) is 0 Å². The predicted molar refractivity (Wildman–Crippen MR) is 125 cm³/mol. The fourth-order valence-corrected chi connectivity index (χ4v) is 4.60. The number of thioether (sulfide) groups is 1. The molecule has 1 aromatic carbocycles. The summed E-state index contributed by atoms with van der Waals surface area (Å²) in [7, 11) is 1.58. The van der Waals surface area contributed by atoms with Gasteiger partial charge in [-0.25, -0.2) is 0 Å². The molecule has 4 rings (SSSR count). The van der Waals surface area contributed by atoms with Gasteiger partial charge >= 0.3 is 0 Å². The predicted octanol–water partition coefficient (Wildman–Crippen LogP) is 4.11. The molecule has 31 heavy (non-hydrogen) atoms. The Morgan fingerprint density at radius 3 is 2.45 bits per heavy atom. The first kappa shape index (κ1) is 21.1. The summed E-state index contributed by atoms with van der Waals surface area (Å²) >= 11 is 6.50. The fraction of sp³-hybridized carbons (Fsp3) is 0.182. The summed E-state index contributed by atoms with van der Waals surface area (Å²) < 4.78 is 13.0. The third-order valence-electron chi connectivity index (χ3n) is 4.62. The van der Waals surface area contributed by atoms with Gasteiger partial charge in [-0.3, -0.25) is 18.9 Å². The number of rotatable bonds is 5. The van der Waals surface area contributed by atoms with Crippen LogP contribution in [0.5, 0.6) is 17.4 Å². The Hall–Kier alpha value is -3.17. The highest BCUT2D eigenvalue weighted by molar-refractivity contribution is 8.26. The van der Waals surface area contributed by atoms with Crippen molar-refractivity contribution in [2.75, 3.05) is 7.11 Å². The van der Waals surface area contributed by atoms with Crippen LogP contribution in [0.2, 0.25) is 0 Å². The molecular weight excluding hydrogens is 434 g/mol. The summed E-state index contributed by atoms with van der Waals surface area (Å²) in [5.41, 5.74) is 0.260. The SMILES string of the molecule is COc1ccc(Oc2nc3ccccn3c(=O)c2C=C2SC(=S)N(C(C)C)C2=O)cc1. The zero-order chi connectivity index (χ0) is 22.1. The number of ether oxygens (including phenoxy) is 2. The van der Waals surface area contributed by atoms with E-state index < -0.39 is 0 Å². The number of pyridine rings is 1. The maximum absolute atomic E-state index is 13.2. The number of fused-ring (bicyclic) bond motifs is 1. The number of benzene rings is 1. The molecule has 0 aliphatic carbocycles. The fourth-order valence-electron chi connectivity index (χ4n) is 3.10. The number of hydrogen-bond donors (Lipinski definition) is 0. The van der Waals surface area contributed by atoms with E-state index in [4.69, 9.17) is 21.7 Å². The van der Waals surface area contributed by atoms with Gasteiger partial charge in [-0.15, -0.1) is 0 Å². The van der Waals surface area contributed by atoms with Crippen LogP contribution < -0.4 is 15.0 Å². The van der Waals surface area contributed by atoms with Crippen LogP contribution in [0.1, 0.15) is 19.4 Å². The van der Waals surface area contributed by atoms with Crippen LogP contribution in [-0.4, -0.2) is 37.7 Å². The maximum Gasteiger partial charge on any atom is 0.269 e. The maximum atomic E-state index is 13.2. The second kappa shape index (κ2) is 8.52. The van der Waals surface area contributed by atoms with Gasteiger partial charge in [-0.05, 0) is 56.3 Å². The van der Waals surface area contributed by atoms with E-state index in [1.54, 1.807) is 55.8 Å². The zero-order valence-electron chi connectivity index (χ0n) is 17.1. The van der Waals surface area contributed by atoms with E-state index in [2.05, 4.69) is 4.98 Å². The number of carbonyl (C=O) groups excluding carboxylic acids is 1. The monoisotopic (exact) mass is 453 g/mol. The minimum absolute atomic E-state index is 0.0794. The van der Waals surface area contributed by atoms with Gasteiger partial charge in [0.1, 0.15) is 27.0 Å². The second-order valence-corrected chi connectivity index (χ2v) is 8.66. The Labute approximate surface area is 188 Å². The van der Waals surface area contributed by atoms with Gasteiger partial charge in [0.15, 0.2) is 0 Å². The van der Waals surface area contributed by atoms with Crippen LogP contribution in [0, 0.1) is 0 Å². The molecule has 2 aromatic heterocycles. The van der Waals surface area contributed by atoms with Gasteiger partial charge in [0, 0.05) is 12.2 Å². The Balaban J connectivity index is 1.84. The second-order valence-electron chi connectivity index (χ2n) is 6.99. The van der Waals surface area contributed by atoms with Crippen molar-refractivity contribution in [3.63, 3.8) is 0 Å². The van der Waals surface area contributed by atoms with E-state index in [1.165, 1.54) is 15.4 Å². The average Bonchev–Trinajstić information content (AvgIpc) is 3.04. The minimum atomic E-state index is -0.344. The molecule has 0 N–H and O–H groups in total. The molecule has 1 amide bonds. The number of carbonyl (C=O) groups is 1. The lowest BCUT2D eigenvalue weighted by molar-refractivity contribution is -0.123. The molecule has 1 aliphatic heterocycles. The number of methoxy groups -OCH3 is 1. The molecule has 0 saturated carbocycles. The molecule has 1 fully saturated rings. The smallest absolute Gasteiger partial charge is 0.269 e. The highest BCUT2D eigenvalue weighted by Crippen LogP contribution is 2.35. The summed E-state index contributed by atoms with van der Waals surface area (Å²) in [5.74, 6) is 1.03. The van der Waals surface area contributed by atoms with Gasteiger partial charge in [0.2, 0.25) is 5.88 Å². The highest BCUT2D eigenvalue weighted by atomic mass is 32.2. The van der Waals surface area contributed by atoms with Crippen molar-refractivity contribution in [1.82, 2.24) is 14.3 Å². The number of nitrogens with zero attached hydrogens (tertiary/aromatic N) is 3. The highest BCUT2D eigenvalue weighted by Gasteiger charge is 2.34. The van der Waals surface area contributed by atoms with E-state index in [1.807, 2.05) is 13.8 Å². The molecule has 0 radical (unpaired) electrons. The van der Waals surface area contributed by atoms with Crippen molar-refractivity contribution in [3.8, 4) is 17.4 Å². The van der Waals surface area contributed by atoms with E-state index in [0.717, 1.165) is 11.8 Å². The first-order valence-electron chi connectivity index (χ1n) is 9.49. The van der Waals surface area contributed by atoms with Gasteiger partial charge in [0.25, 0.3) is 11.5 Å². The van der Waals surface area contributed by atoms with Crippen molar-refractivity contribution >= 4 is 45.9 Å². The molecule has 1 saturated heterocycles. The van der Waals surface area contributed by atoms with Gasteiger partial charge in [0.05, 0.1) is 12.0 Å². The molecule has 0 atom stereocenters. The molecule has 7 nitrogen and oxygen atoms in total. The van der Waals surface area contributed by atoms with Crippen molar-refractivity contribution in [1.29, 1.82) is 0 Å². The minimum Gasteiger partial charge on any atom is -0.497 e. The molecule has 158 valence electrons. The summed E-state index contributed by atoms with van der Waals surface area (Å²) in [4.78, 5) is 32.5. The first-order valence-corrected chi connectivity index (χ1v) is 10.7. The van der Waals surface area contributed by atoms with Gasteiger partial charge in [-0.2, -0.15) is 4.98 Å². The molecule has 0 spiro atoms. The molecular formula is C22H19N3O4S2. The molecule has 3 aromatic rings. The van der Waals surface area contributed by atoms with Gasteiger partial charge in [-0.1, -0.05) is 30.0 Å². The lowest BCUT2D eigenvalue weighted by atomic mass is 10.2. The van der Waals surface area contributed by atoms with Crippen LogP contribution in [0.25, 0.3) is 11.7 Å². The Kier molecular flexibility index (Phi) is 5.79.